The molecule has 172 valence electrons. The first kappa shape index (κ1) is 25.0. The summed E-state index contributed by atoms with van der Waals surface area (Å²) in [6.45, 7) is 15.9. The average molecular weight is 496 g/mol. The van der Waals surface area contributed by atoms with Crippen molar-refractivity contribution < 1.29 is 8.82 Å². The van der Waals surface area contributed by atoms with Crippen molar-refractivity contribution in [3.63, 3.8) is 0 Å². The molecule has 0 aliphatic heterocycles. The highest BCUT2D eigenvalue weighted by atomic mass is 35.5. The van der Waals surface area contributed by atoms with Crippen LogP contribution < -0.4 is 0 Å². The van der Waals surface area contributed by atoms with Gasteiger partial charge in [-0.3, -0.25) is 4.98 Å². The Kier molecular flexibility index (Phi) is 7.25. The van der Waals surface area contributed by atoms with E-state index in [1.807, 2.05) is 6.07 Å². The highest BCUT2D eigenvalue weighted by Crippen LogP contribution is 2.37. The molecule has 3 heterocycles. The Hall–Kier alpha value is -1.67. The van der Waals surface area contributed by atoms with E-state index in [1.54, 1.807) is 6.20 Å². The molecule has 3 rings (SSSR count). The number of nitrogens with zero attached hydrogens (tertiary/aromatic N) is 4. The van der Waals surface area contributed by atoms with Crippen molar-refractivity contribution >= 4 is 42.6 Å². The maximum atomic E-state index is 13.9. The van der Waals surface area contributed by atoms with Crippen molar-refractivity contribution in [3.8, 4) is 11.4 Å². The topological polar surface area (TPSA) is 60.8 Å². The van der Waals surface area contributed by atoms with Crippen LogP contribution in [0.15, 0.2) is 18.3 Å². The van der Waals surface area contributed by atoms with E-state index in [0.717, 1.165) is 16.8 Å². The quantitative estimate of drug-likeness (QED) is 0.205. The van der Waals surface area contributed by atoms with Gasteiger partial charge in [0.1, 0.15) is 5.15 Å². The zero-order valence-corrected chi connectivity index (χ0v) is 22.1. The monoisotopic (exact) mass is 494 g/mol. The first-order valence-electron chi connectivity index (χ1n) is 10.6. The van der Waals surface area contributed by atoms with Gasteiger partial charge in [-0.25, -0.2) is 19.3 Å². The molecule has 3 aromatic heterocycles. The number of halogens is 3. The molecule has 0 fully saturated rings. The Morgan fingerprint density at radius 3 is 2.41 bits per heavy atom. The van der Waals surface area contributed by atoms with Crippen LogP contribution in [0.1, 0.15) is 51.8 Å². The van der Waals surface area contributed by atoms with E-state index in [2.05, 4.69) is 67.6 Å². The normalized spacial score (nSPS) is 12.7. The lowest BCUT2D eigenvalue weighted by molar-refractivity contribution is 0.292. The Bertz CT molecular complexity index is 1150. The number of pyridine rings is 2. The van der Waals surface area contributed by atoms with Crippen molar-refractivity contribution in [2.45, 2.75) is 65.1 Å². The van der Waals surface area contributed by atoms with Crippen LogP contribution in [-0.4, -0.2) is 34.9 Å². The van der Waals surface area contributed by atoms with Gasteiger partial charge in [0.15, 0.2) is 30.8 Å². The van der Waals surface area contributed by atoms with Crippen LogP contribution >= 0.6 is 23.2 Å². The maximum Gasteiger partial charge on any atom is 0.191 e. The van der Waals surface area contributed by atoms with E-state index in [1.165, 1.54) is 6.07 Å². The lowest BCUT2D eigenvalue weighted by Crippen LogP contribution is -2.41. The third-order valence-electron chi connectivity index (χ3n) is 6.03. The summed E-state index contributed by atoms with van der Waals surface area (Å²) in [5, 5.41) is 0.313. The molecule has 0 N–H and O–H groups in total. The summed E-state index contributed by atoms with van der Waals surface area (Å²) >= 11 is 12.3. The molecular formula is C23H29Cl2FN4OSi. The van der Waals surface area contributed by atoms with Crippen LogP contribution in [0.4, 0.5) is 4.39 Å². The molecule has 0 saturated carbocycles. The van der Waals surface area contributed by atoms with Crippen LogP contribution in [0.5, 0.6) is 0 Å². The van der Waals surface area contributed by atoms with Crippen molar-refractivity contribution in [1.82, 2.24) is 19.9 Å². The smallest absolute Gasteiger partial charge is 0.191 e. The summed E-state index contributed by atoms with van der Waals surface area (Å²) in [4.78, 5) is 17.7. The fourth-order valence-corrected chi connectivity index (χ4v) is 4.54. The third-order valence-corrected chi connectivity index (χ3v) is 11.1. The van der Waals surface area contributed by atoms with Crippen LogP contribution in [0.25, 0.3) is 22.4 Å². The summed E-state index contributed by atoms with van der Waals surface area (Å²) in [6.07, 6.45) is 2.48. The molecule has 0 unspecified atom stereocenters. The van der Waals surface area contributed by atoms with Gasteiger partial charge in [-0.2, -0.15) is 0 Å². The number of hydrogen-bond acceptors (Lipinski definition) is 5. The van der Waals surface area contributed by atoms with Gasteiger partial charge in [-0.1, -0.05) is 57.8 Å². The van der Waals surface area contributed by atoms with E-state index in [0.29, 0.717) is 24.2 Å². The van der Waals surface area contributed by atoms with Gasteiger partial charge < -0.3 is 4.43 Å². The zero-order valence-electron chi connectivity index (χ0n) is 19.6. The van der Waals surface area contributed by atoms with Gasteiger partial charge in [0.2, 0.25) is 0 Å². The second-order valence-corrected chi connectivity index (χ2v) is 15.2. The fourth-order valence-electron chi connectivity index (χ4n) is 3.14. The van der Waals surface area contributed by atoms with Gasteiger partial charge in [0.25, 0.3) is 0 Å². The summed E-state index contributed by atoms with van der Waals surface area (Å²) in [5.41, 5.74) is 2.94. The molecule has 0 spiro atoms. The number of fused-ring (bicyclic) bond motifs is 1. The summed E-state index contributed by atoms with van der Waals surface area (Å²) in [5.74, 6) is -0.129. The molecule has 0 radical (unpaired) electrons. The SMILES string of the molecule is CC(C)c1nccc(CCO[Si](C)(C)C(C)(C)C)c1-c1nc(Cl)c2cc(F)c(Cl)nc2n1. The van der Waals surface area contributed by atoms with E-state index in [-0.39, 0.29) is 26.9 Å². The molecule has 0 aliphatic rings. The van der Waals surface area contributed by atoms with Gasteiger partial charge in [0, 0.05) is 18.4 Å². The highest BCUT2D eigenvalue weighted by molar-refractivity contribution is 6.74. The fraction of sp³-hybridized carbons (Fsp3) is 0.478. The summed E-state index contributed by atoms with van der Waals surface area (Å²) in [7, 11) is -1.88. The second kappa shape index (κ2) is 9.29. The van der Waals surface area contributed by atoms with Gasteiger partial charge in [-0.05, 0) is 48.2 Å². The van der Waals surface area contributed by atoms with Crippen LogP contribution in [0.3, 0.4) is 0 Å². The van der Waals surface area contributed by atoms with E-state index >= 15 is 0 Å². The molecule has 0 bridgehead atoms. The molecule has 0 aliphatic carbocycles. The second-order valence-electron chi connectivity index (χ2n) is 9.71. The molecular weight excluding hydrogens is 466 g/mol. The lowest BCUT2D eigenvalue weighted by atomic mass is 9.97. The van der Waals surface area contributed by atoms with Crippen molar-refractivity contribution in [2.75, 3.05) is 6.61 Å². The molecule has 5 nitrogen and oxygen atoms in total. The van der Waals surface area contributed by atoms with E-state index in [9.17, 15) is 4.39 Å². The number of aromatic nitrogens is 4. The zero-order chi connectivity index (χ0) is 23.8. The predicted molar refractivity (Wildman–Crippen MR) is 131 cm³/mol. The maximum absolute atomic E-state index is 13.9. The lowest BCUT2D eigenvalue weighted by Gasteiger charge is -2.36. The van der Waals surface area contributed by atoms with Crippen molar-refractivity contribution in [1.29, 1.82) is 0 Å². The number of rotatable bonds is 6. The molecule has 0 amide bonds. The Morgan fingerprint density at radius 2 is 1.78 bits per heavy atom. The minimum atomic E-state index is -1.88. The van der Waals surface area contributed by atoms with E-state index < -0.39 is 14.1 Å². The third kappa shape index (κ3) is 5.11. The predicted octanol–water partition coefficient (Wildman–Crippen LogP) is 7.22. The van der Waals surface area contributed by atoms with Gasteiger partial charge in [-0.15, -0.1) is 0 Å². The standard InChI is InChI=1S/C23H29Cl2FN4OSi/c1-13(2)18-17(14(8-10-27-18)9-11-31-32(6,7)23(3,4)5)22-28-19(24)15-12-16(26)20(25)29-21(15)30-22/h8,10,12-13H,9,11H2,1-7H3. The minimum absolute atomic E-state index is 0.120. The van der Waals surface area contributed by atoms with Crippen LogP contribution in [0, 0.1) is 5.82 Å². The minimum Gasteiger partial charge on any atom is -0.416 e. The van der Waals surface area contributed by atoms with Gasteiger partial charge >= 0.3 is 0 Å². The molecule has 0 saturated heterocycles. The van der Waals surface area contributed by atoms with E-state index in [4.69, 9.17) is 27.6 Å². The molecule has 32 heavy (non-hydrogen) atoms. The Balaban J connectivity index is 2.07. The largest absolute Gasteiger partial charge is 0.416 e. The molecule has 0 aromatic carbocycles. The number of hydrogen-bond donors (Lipinski definition) is 0. The van der Waals surface area contributed by atoms with Crippen LogP contribution in [-0.2, 0) is 10.8 Å². The first-order valence-corrected chi connectivity index (χ1v) is 14.3. The molecule has 0 atom stereocenters. The summed E-state index contributed by atoms with van der Waals surface area (Å²) in [6, 6.07) is 3.17. The average Bonchev–Trinajstić information content (AvgIpc) is 2.68. The first-order chi connectivity index (χ1) is 14.8. The van der Waals surface area contributed by atoms with Gasteiger partial charge in [0.05, 0.1) is 11.1 Å². The Labute approximate surface area is 199 Å². The van der Waals surface area contributed by atoms with Crippen LogP contribution in [0.2, 0.25) is 28.4 Å². The Morgan fingerprint density at radius 1 is 1.09 bits per heavy atom. The summed E-state index contributed by atoms with van der Waals surface area (Å²) < 4.78 is 20.3. The molecule has 9 heteroatoms. The van der Waals surface area contributed by atoms with Crippen molar-refractivity contribution in [3.05, 3.63) is 45.7 Å². The highest BCUT2D eigenvalue weighted by Gasteiger charge is 2.37. The van der Waals surface area contributed by atoms with Crippen molar-refractivity contribution in [2.24, 2.45) is 0 Å². The molecule has 3 aromatic rings.